The normalized spacial score (nSPS) is 18.9. The number of nitrogens with one attached hydrogen (secondary N) is 1. The van der Waals surface area contributed by atoms with Crippen LogP contribution in [-0.2, 0) is 20.1 Å². The molecule has 2 bridgehead atoms. The molecule has 3 aromatic heterocycles. The second-order valence-corrected chi connectivity index (χ2v) is 9.34. The number of fused-ring (bicyclic) bond motifs is 6. The van der Waals surface area contributed by atoms with Gasteiger partial charge in [-0.25, -0.2) is 0 Å². The average Bonchev–Trinajstić information content (AvgIpc) is 3.10. The van der Waals surface area contributed by atoms with E-state index < -0.39 is 0 Å². The number of benzene rings is 1. The second-order valence-electron chi connectivity index (χ2n) is 9.34. The van der Waals surface area contributed by atoms with E-state index in [2.05, 4.69) is 40.1 Å². The molecule has 1 N–H and O–H groups in total. The molecule has 2 atom stereocenters. The number of aromatic nitrogens is 3. The third-order valence-electron chi connectivity index (χ3n) is 7.17. The summed E-state index contributed by atoms with van der Waals surface area (Å²) in [6, 6.07) is 14.7. The lowest BCUT2D eigenvalue weighted by atomic mass is 9.84. The van der Waals surface area contributed by atoms with Crippen LogP contribution in [0.15, 0.2) is 59.7 Å². The lowest BCUT2D eigenvalue weighted by molar-refractivity contribution is 0.299. The number of ether oxygens (including phenoxy) is 1. The number of nitrogens with zero attached hydrogens (tertiary/aromatic N) is 3. The third-order valence-corrected chi connectivity index (χ3v) is 7.17. The Kier molecular flexibility index (Phi) is 5.96. The summed E-state index contributed by atoms with van der Waals surface area (Å²) in [5, 5.41) is 5.12. The van der Waals surface area contributed by atoms with Crippen molar-refractivity contribution < 1.29 is 4.74 Å². The summed E-state index contributed by atoms with van der Waals surface area (Å²) in [6.07, 6.45) is 8.42. The van der Waals surface area contributed by atoms with Crippen LogP contribution in [0.1, 0.15) is 47.8 Å². The molecular weight excluding hydrogens is 448 g/mol. The van der Waals surface area contributed by atoms with Gasteiger partial charge in [0.1, 0.15) is 12.4 Å². The van der Waals surface area contributed by atoms with Gasteiger partial charge in [-0.05, 0) is 56.0 Å². The van der Waals surface area contributed by atoms with E-state index in [1.807, 2.05) is 25.1 Å². The van der Waals surface area contributed by atoms with Crippen molar-refractivity contribution in [2.75, 3.05) is 0 Å². The molecule has 0 radical (unpaired) electrons. The SMILES string of the molecule is Cc1ccc(COc2ccn(-c3ccc4c5c(n(C)c4c3)CC3CCCC5N3)c(=O)c2)cn1.Cl. The minimum absolute atomic E-state index is 0. The molecule has 2 aliphatic heterocycles. The van der Waals surface area contributed by atoms with Crippen molar-refractivity contribution in [1.29, 1.82) is 0 Å². The monoisotopic (exact) mass is 476 g/mol. The first-order chi connectivity index (χ1) is 16.1. The van der Waals surface area contributed by atoms with Crippen LogP contribution in [0.2, 0.25) is 0 Å². The summed E-state index contributed by atoms with van der Waals surface area (Å²) in [5.41, 5.74) is 6.79. The highest BCUT2D eigenvalue weighted by Crippen LogP contribution is 2.40. The Labute approximate surface area is 205 Å². The Hall–Kier alpha value is -3.09. The van der Waals surface area contributed by atoms with Crippen LogP contribution >= 0.6 is 12.4 Å². The van der Waals surface area contributed by atoms with Crippen molar-refractivity contribution in [1.82, 2.24) is 19.4 Å². The van der Waals surface area contributed by atoms with Gasteiger partial charge in [-0.1, -0.05) is 12.1 Å². The van der Waals surface area contributed by atoms with Gasteiger partial charge in [-0.3, -0.25) is 14.3 Å². The molecule has 1 fully saturated rings. The lowest BCUT2D eigenvalue weighted by Crippen LogP contribution is -2.42. The first-order valence-corrected chi connectivity index (χ1v) is 11.7. The smallest absolute Gasteiger partial charge is 0.258 e. The molecule has 2 aliphatic rings. The Bertz CT molecular complexity index is 1410. The maximum absolute atomic E-state index is 12.9. The van der Waals surface area contributed by atoms with Gasteiger partial charge in [0.05, 0.1) is 11.2 Å². The van der Waals surface area contributed by atoms with E-state index in [4.69, 9.17) is 4.74 Å². The minimum atomic E-state index is -0.106. The summed E-state index contributed by atoms with van der Waals surface area (Å²) >= 11 is 0. The minimum Gasteiger partial charge on any atom is -0.489 e. The first-order valence-electron chi connectivity index (χ1n) is 11.7. The maximum Gasteiger partial charge on any atom is 0.258 e. The van der Waals surface area contributed by atoms with Crippen LogP contribution in [0, 0.1) is 6.92 Å². The number of piperidine rings is 1. The highest BCUT2D eigenvalue weighted by Gasteiger charge is 2.33. The van der Waals surface area contributed by atoms with Crippen molar-refractivity contribution in [3.63, 3.8) is 0 Å². The highest BCUT2D eigenvalue weighted by molar-refractivity contribution is 5.88. The predicted octanol–water partition coefficient (Wildman–Crippen LogP) is 4.77. The predicted molar refractivity (Wildman–Crippen MR) is 136 cm³/mol. The molecule has 176 valence electrons. The van der Waals surface area contributed by atoms with E-state index in [1.165, 1.54) is 41.4 Å². The molecule has 4 aromatic rings. The number of hydrogen-bond acceptors (Lipinski definition) is 4. The zero-order chi connectivity index (χ0) is 22.5. The molecule has 1 aromatic carbocycles. The van der Waals surface area contributed by atoms with Gasteiger partial charge < -0.3 is 14.6 Å². The highest BCUT2D eigenvalue weighted by atomic mass is 35.5. The molecule has 6 nitrogen and oxygen atoms in total. The van der Waals surface area contributed by atoms with Gasteiger partial charge >= 0.3 is 0 Å². The van der Waals surface area contributed by atoms with Crippen molar-refractivity contribution in [2.45, 2.75) is 51.3 Å². The second kappa shape index (κ2) is 8.93. The fourth-order valence-electron chi connectivity index (χ4n) is 5.45. The van der Waals surface area contributed by atoms with Crippen molar-refractivity contribution in [3.05, 3.63) is 87.7 Å². The molecule has 2 unspecified atom stereocenters. The van der Waals surface area contributed by atoms with E-state index in [0.29, 0.717) is 24.4 Å². The average molecular weight is 477 g/mol. The largest absolute Gasteiger partial charge is 0.489 e. The Morgan fingerprint density at radius 2 is 2.03 bits per heavy atom. The molecular formula is C27H29ClN4O2. The van der Waals surface area contributed by atoms with Crippen molar-refractivity contribution in [2.24, 2.45) is 7.05 Å². The fraction of sp³-hybridized carbons (Fsp3) is 0.333. The molecule has 0 amide bonds. The van der Waals surface area contributed by atoms with Gasteiger partial charge in [0.15, 0.2) is 0 Å². The van der Waals surface area contributed by atoms with Gasteiger partial charge in [0.25, 0.3) is 5.56 Å². The van der Waals surface area contributed by atoms with E-state index in [0.717, 1.165) is 23.4 Å². The Balaban J connectivity index is 0.00000241. The summed E-state index contributed by atoms with van der Waals surface area (Å²) in [4.78, 5) is 17.2. The van der Waals surface area contributed by atoms with E-state index in [9.17, 15) is 4.79 Å². The van der Waals surface area contributed by atoms with Crippen molar-refractivity contribution >= 4 is 23.3 Å². The molecule has 0 spiro atoms. The van der Waals surface area contributed by atoms with E-state index in [1.54, 1.807) is 23.0 Å². The fourth-order valence-corrected chi connectivity index (χ4v) is 5.45. The van der Waals surface area contributed by atoms with Gasteiger partial charge in [-0.2, -0.15) is 0 Å². The summed E-state index contributed by atoms with van der Waals surface area (Å²) < 4.78 is 9.84. The Morgan fingerprint density at radius 3 is 2.82 bits per heavy atom. The first kappa shape index (κ1) is 22.7. The van der Waals surface area contributed by atoms with Crippen LogP contribution in [-0.4, -0.2) is 20.2 Å². The zero-order valence-electron chi connectivity index (χ0n) is 19.5. The van der Waals surface area contributed by atoms with Gasteiger partial charge in [0.2, 0.25) is 0 Å². The summed E-state index contributed by atoms with van der Waals surface area (Å²) in [5.74, 6) is 0.561. The summed E-state index contributed by atoms with van der Waals surface area (Å²) in [6.45, 7) is 2.34. The molecule has 1 saturated heterocycles. The number of hydrogen-bond donors (Lipinski definition) is 1. The van der Waals surface area contributed by atoms with E-state index in [-0.39, 0.29) is 18.0 Å². The molecule has 0 saturated carbocycles. The lowest BCUT2D eigenvalue weighted by Gasteiger charge is -2.36. The van der Waals surface area contributed by atoms with Crippen LogP contribution in [0.25, 0.3) is 16.6 Å². The molecule has 0 aliphatic carbocycles. The standard InChI is InChI=1S/C27H28N4O2.ClH/c1-17-6-7-18(15-28-17)16-33-21-10-11-31(26(32)14-21)20-8-9-22-24(13-20)30(2)25-12-19-4-3-5-23(29-19)27(22)25;/h6-11,13-15,19,23,29H,3-5,12,16H2,1-2H3;1H. The van der Waals surface area contributed by atoms with E-state index >= 15 is 0 Å². The molecule has 7 heteroatoms. The quantitative estimate of drug-likeness (QED) is 0.460. The van der Waals surface area contributed by atoms with Crippen LogP contribution < -0.4 is 15.6 Å². The topological polar surface area (TPSA) is 61.1 Å². The number of aryl methyl sites for hydroxylation is 2. The Morgan fingerprint density at radius 1 is 1.15 bits per heavy atom. The molecule has 34 heavy (non-hydrogen) atoms. The maximum atomic E-state index is 12.9. The van der Waals surface area contributed by atoms with Crippen LogP contribution in [0.5, 0.6) is 5.75 Å². The molecule has 6 rings (SSSR count). The van der Waals surface area contributed by atoms with Gasteiger partial charge in [0, 0.05) is 66.3 Å². The third kappa shape index (κ3) is 3.91. The van der Waals surface area contributed by atoms with Crippen molar-refractivity contribution in [3.8, 4) is 11.4 Å². The zero-order valence-corrected chi connectivity index (χ0v) is 20.3. The number of halogens is 1. The summed E-state index contributed by atoms with van der Waals surface area (Å²) in [7, 11) is 2.16. The van der Waals surface area contributed by atoms with Crippen LogP contribution in [0.4, 0.5) is 0 Å². The molecule has 5 heterocycles. The van der Waals surface area contributed by atoms with Gasteiger partial charge in [-0.15, -0.1) is 12.4 Å². The number of pyridine rings is 2. The number of rotatable bonds is 4. The van der Waals surface area contributed by atoms with Crippen LogP contribution in [0.3, 0.4) is 0 Å².